The molecule has 0 unspecified atom stereocenters. The zero-order valence-electron chi connectivity index (χ0n) is 10.3. The van der Waals surface area contributed by atoms with E-state index in [4.69, 9.17) is 5.11 Å². The number of carbonyl (C=O) groups excluding carboxylic acids is 1. The lowest BCUT2D eigenvalue weighted by Gasteiger charge is -2.15. The summed E-state index contributed by atoms with van der Waals surface area (Å²) >= 11 is 0. The second-order valence-corrected chi connectivity index (χ2v) is 4.38. The van der Waals surface area contributed by atoms with Crippen LogP contribution in [0.2, 0.25) is 0 Å². The van der Waals surface area contributed by atoms with Gasteiger partial charge >= 0.3 is 12.0 Å². The van der Waals surface area contributed by atoms with Crippen molar-refractivity contribution in [3.63, 3.8) is 0 Å². The van der Waals surface area contributed by atoms with Crippen molar-refractivity contribution in [2.24, 2.45) is 0 Å². The average Bonchev–Trinajstić information content (AvgIpc) is 2.78. The fraction of sp³-hybridized carbons (Fsp3) is 0.385. The number of carbonyl (C=O) groups is 2. The number of carboxylic acid groups (broad SMARTS) is 1. The van der Waals surface area contributed by atoms with Crippen LogP contribution in [0.5, 0.6) is 0 Å². The normalized spacial score (nSPS) is 13.3. The molecule has 2 rings (SSSR count). The van der Waals surface area contributed by atoms with Gasteiger partial charge in [-0.2, -0.15) is 0 Å². The summed E-state index contributed by atoms with van der Waals surface area (Å²) in [6.07, 6.45) is 0.899. The number of nitrogens with zero attached hydrogens (tertiary/aromatic N) is 1. The molecule has 0 spiro atoms. The maximum atomic E-state index is 11.8. The van der Waals surface area contributed by atoms with Crippen LogP contribution in [0.25, 0.3) is 0 Å². The quantitative estimate of drug-likeness (QED) is 0.857. The second kappa shape index (κ2) is 5.08. The average molecular weight is 248 g/mol. The highest BCUT2D eigenvalue weighted by molar-refractivity contribution is 5.88. The molecule has 0 saturated heterocycles. The summed E-state index contributed by atoms with van der Waals surface area (Å²) in [6.45, 7) is 3.68. The predicted molar refractivity (Wildman–Crippen MR) is 66.3 cm³/mol. The summed E-state index contributed by atoms with van der Waals surface area (Å²) in [4.78, 5) is 24.3. The first-order valence-electron chi connectivity index (χ1n) is 5.99. The van der Waals surface area contributed by atoms with Gasteiger partial charge in [0.1, 0.15) is 0 Å². The zero-order chi connectivity index (χ0) is 13.1. The van der Waals surface area contributed by atoms with Crippen LogP contribution >= 0.6 is 0 Å². The van der Waals surface area contributed by atoms with Gasteiger partial charge in [-0.05, 0) is 29.7 Å². The molecule has 1 aliphatic rings. The molecule has 1 aliphatic heterocycles. The number of rotatable bonds is 3. The van der Waals surface area contributed by atoms with E-state index in [2.05, 4.69) is 5.32 Å². The van der Waals surface area contributed by atoms with Crippen LogP contribution in [0, 0.1) is 0 Å². The maximum absolute atomic E-state index is 11.8. The molecule has 0 aliphatic carbocycles. The third-order valence-corrected chi connectivity index (χ3v) is 2.99. The Bertz CT molecular complexity index is 485. The Morgan fingerprint density at radius 3 is 2.72 bits per heavy atom. The lowest BCUT2D eigenvalue weighted by atomic mass is 10.1. The van der Waals surface area contributed by atoms with Crippen molar-refractivity contribution in [1.82, 2.24) is 10.2 Å². The first-order chi connectivity index (χ1) is 8.61. The molecular weight excluding hydrogens is 232 g/mol. The Balaban J connectivity index is 2.08. The highest BCUT2D eigenvalue weighted by atomic mass is 16.4. The van der Waals surface area contributed by atoms with E-state index in [0.29, 0.717) is 19.6 Å². The minimum atomic E-state index is -0.938. The molecule has 1 heterocycles. The summed E-state index contributed by atoms with van der Waals surface area (Å²) in [6, 6.07) is 4.91. The molecule has 0 atom stereocenters. The van der Waals surface area contributed by atoms with Gasteiger partial charge in [0.05, 0.1) is 5.56 Å². The highest BCUT2D eigenvalue weighted by Crippen LogP contribution is 2.23. The van der Waals surface area contributed by atoms with Crippen molar-refractivity contribution < 1.29 is 14.7 Å². The van der Waals surface area contributed by atoms with Gasteiger partial charge in [0.2, 0.25) is 0 Å². The van der Waals surface area contributed by atoms with E-state index in [1.807, 2.05) is 6.92 Å². The van der Waals surface area contributed by atoms with Crippen LogP contribution in [0.1, 0.15) is 34.8 Å². The van der Waals surface area contributed by atoms with Crippen LogP contribution in [-0.4, -0.2) is 28.6 Å². The third-order valence-electron chi connectivity index (χ3n) is 2.99. The van der Waals surface area contributed by atoms with E-state index in [0.717, 1.165) is 17.5 Å². The molecule has 2 N–H and O–H groups in total. The van der Waals surface area contributed by atoms with Crippen molar-refractivity contribution in [3.8, 4) is 0 Å². The van der Waals surface area contributed by atoms with Crippen molar-refractivity contribution in [1.29, 1.82) is 0 Å². The number of nitrogens with one attached hydrogen (secondary N) is 1. The number of benzene rings is 1. The number of urea groups is 1. The van der Waals surface area contributed by atoms with Crippen molar-refractivity contribution in [3.05, 3.63) is 34.9 Å². The maximum Gasteiger partial charge on any atom is 0.335 e. The van der Waals surface area contributed by atoms with Crippen LogP contribution in [0.3, 0.4) is 0 Å². The van der Waals surface area contributed by atoms with Gasteiger partial charge in [0, 0.05) is 19.6 Å². The van der Waals surface area contributed by atoms with E-state index in [9.17, 15) is 9.59 Å². The molecule has 1 aromatic rings. The van der Waals surface area contributed by atoms with Gasteiger partial charge < -0.3 is 15.3 Å². The summed E-state index contributed by atoms with van der Waals surface area (Å²) in [7, 11) is 0. The van der Waals surface area contributed by atoms with Crippen molar-refractivity contribution >= 4 is 12.0 Å². The first-order valence-corrected chi connectivity index (χ1v) is 5.99. The van der Waals surface area contributed by atoms with E-state index in [-0.39, 0.29) is 11.6 Å². The number of aromatic carboxylic acids is 1. The molecule has 0 fully saturated rings. The molecule has 5 nitrogen and oxygen atoms in total. The van der Waals surface area contributed by atoms with Gasteiger partial charge in [-0.25, -0.2) is 9.59 Å². The van der Waals surface area contributed by atoms with Gasteiger partial charge in [0.15, 0.2) is 0 Å². The smallest absolute Gasteiger partial charge is 0.335 e. The second-order valence-electron chi connectivity index (χ2n) is 4.38. The molecule has 18 heavy (non-hydrogen) atoms. The Kier molecular flexibility index (Phi) is 3.50. The lowest BCUT2D eigenvalue weighted by Crippen LogP contribution is -2.36. The molecule has 2 amide bonds. The molecule has 0 bridgehead atoms. The van der Waals surface area contributed by atoms with Crippen LogP contribution < -0.4 is 5.32 Å². The SMILES string of the molecule is CCCNC(=O)N1Cc2ccc(C(=O)O)cc2C1. The zero-order valence-corrected chi connectivity index (χ0v) is 10.3. The summed E-state index contributed by atoms with van der Waals surface area (Å²) in [5, 5.41) is 11.7. The largest absolute Gasteiger partial charge is 0.478 e. The van der Waals surface area contributed by atoms with Crippen molar-refractivity contribution in [2.45, 2.75) is 26.4 Å². The van der Waals surface area contributed by atoms with E-state index in [1.165, 1.54) is 0 Å². The monoisotopic (exact) mass is 248 g/mol. The van der Waals surface area contributed by atoms with E-state index >= 15 is 0 Å². The van der Waals surface area contributed by atoms with Gasteiger partial charge in [0.25, 0.3) is 0 Å². The van der Waals surface area contributed by atoms with Crippen molar-refractivity contribution in [2.75, 3.05) is 6.54 Å². The number of amides is 2. The molecule has 0 saturated carbocycles. The lowest BCUT2D eigenvalue weighted by molar-refractivity contribution is 0.0696. The Hall–Kier alpha value is -2.04. The standard InChI is InChI=1S/C13H16N2O3/c1-2-5-14-13(18)15-7-10-4-3-9(12(16)17)6-11(10)8-15/h3-4,6H,2,5,7-8H2,1H3,(H,14,18)(H,16,17). The van der Waals surface area contributed by atoms with Gasteiger partial charge in [-0.15, -0.1) is 0 Å². The van der Waals surface area contributed by atoms with Crippen LogP contribution in [-0.2, 0) is 13.1 Å². The summed E-state index contributed by atoms with van der Waals surface area (Å²) < 4.78 is 0. The van der Waals surface area contributed by atoms with Crippen LogP contribution in [0.4, 0.5) is 4.79 Å². The molecule has 96 valence electrons. The van der Waals surface area contributed by atoms with E-state index < -0.39 is 5.97 Å². The molecular formula is C13H16N2O3. The third kappa shape index (κ3) is 2.45. The minimum absolute atomic E-state index is 0.0927. The number of hydrogen-bond donors (Lipinski definition) is 2. The fourth-order valence-corrected chi connectivity index (χ4v) is 2.01. The van der Waals surface area contributed by atoms with Gasteiger partial charge in [-0.1, -0.05) is 13.0 Å². The first kappa shape index (κ1) is 12.4. The Morgan fingerprint density at radius 1 is 1.33 bits per heavy atom. The predicted octanol–water partition coefficient (Wildman–Crippen LogP) is 1.82. The molecule has 1 aromatic carbocycles. The number of hydrogen-bond acceptors (Lipinski definition) is 2. The topological polar surface area (TPSA) is 69.6 Å². The Labute approximate surface area is 105 Å². The summed E-state index contributed by atoms with van der Waals surface area (Å²) in [5.41, 5.74) is 2.21. The van der Waals surface area contributed by atoms with E-state index in [1.54, 1.807) is 23.1 Å². The number of carboxylic acids is 1. The summed E-state index contributed by atoms with van der Waals surface area (Å²) in [5.74, 6) is -0.938. The number of fused-ring (bicyclic) bond motifs is 1. The van der Waals surface area contributed by atoms with Gasteiger partial charge in [-0.3, -0.25) is 0 Å². The highest BCUT2D eigenvalue weighted by Gasteiger charge is 2.23. The van der Waals surface area contributed by atoms with Crippen LogP contribution in [0.15, 0.2) is 18.2 Å². The minimum Gasteiger partial charge on any atom is -0.478 e. The molecule has 0 aromatic heterocycles. The Morgan fingerprint density at radius 2 is 2.06 bits per heavy atom. The molecule has 0 radical (unpaired) electrons. The fourth-order valence-electron chi connectivity index (χ4n) is 2.01. The molecule has 5 heteroatoms.